The summed E-state index contributed by atoms with van der Waals surface area (Å²) in [6.07, 6.45) is 2.37. The maximum atomic E-state index is 12.8. The molecule has 0 saturated carbocycles. The summed E-state index contributed by atoms with van der Waals surface area (Å²) in [6.45, 7) is 10.7. The zero-order valence-corrected chi connectivity index (χ0v) is 16.7. The van der Waals surface area contributed by atoms with Crippen LogP contribution in [0, 0.1) is 12.3 Å². The molecule has 0 unspecified atom stereocenters. The molecule has 1 aliphatic rings. The summed E-state index contributed by atoms with van der Waals surface area (Å²) < 4.78 is 6.84. The van der Waals surface area contributed by atoms with Gasteiger partial charge >= 0.3 is 5.97 Å². The van der Waals surface area contributed by atoms with Gasteiger partial charge in [-0.15, -0.1) is 0 Å². The van der Waals surface area contributed by atoms with Crippen molar-refractivity contribution in [3.8, 4) is 0 Å². The number of carbonyl (C=O) groups excluding carboxylic acids is 3. The molecular weight excluding hydrogens is 332 g/mol. The van der Waals surface area contributed by atoms with Crippen LogP contribution >= 0.6 is 0 Å². The van der Waals surface area contributed by atoms with Crippen LogP contribution in [0.15, 0.2) is 0 Å². The van der Waals surface area contributed by atoms with Crippen LogP contribution in [0.4, 0.5) is 0 Å². The first-order valence-electron chi connectivity index (χ1n) is 9.22. The van der Waals surface area contributed by atoms with Crippen molar-refractivity contribution >= 4 is 17.7 Å². The van der Waals surface area contributed by atoms with Gasteiger partial charge in [-0.2, -0.15) is 0 Å². The minimum atomic E-state index is -0.712. The number of ether oxygens (including phenoxy) is 1. The van der Waals surface area contributed by atoms with Gasteiger partial charge in [0, 0.05) is 29.9 Å². The molecule has 144 valence electrons. The maximum Gasteiger partial charge on any atom is 0.328 e. The Kier molecular flexibility index (Phi) is 5.94. The van der Waals surface area contributed by atoms with Gasteiger partial charge in [0.05, 0.1) is 13.5 Å². The summed E-state index contributed by atoms with van der Waals surface area (Å²) in [4.78, 5) is 36.8. The van der Waals surface area contributed by atoms with Crippen LogP contribution in [0.2, 0.25) is 0 Å². The lowest BCUT2D eigenvalue weighted by atomic mass is 9.75. The van der Waals surface area contributed by atoms with Crippen molar-refractivity contribution in [2.45, 2.75) is 72.9 Å². The smallest absolute Gasteiger partial charge is 0.328 e. The molecule has 0 saturated heterocycles. The first-order chi connectivity index (χ1) is 12.1. The van der Waals surface area contributed by atoms with E-state index in [-0.39, 0.29) is 23.5 Å². The summed E-state index contributed by atoms with van der Waals surface area (Å²) in [5.74, 6) is -0.656. The molecule has 1 aliphatic carbocycles. The molecule has 6 heteroatoms. The topological polar surface area (TPSA) is 77.4 Å². The fraction of sp³-hybridized carbons (Fsp3) is 0.650. The van der Waals surface area contributed by atoms with Crippen LogP contribution in [-0.4, -0.2) is 35.4 Å². The Labute approximate surface area is 155 Å². The lowest BCUT2D eigenvalue weighted by Crippen LogP contribution is -2.40. The Balaban J connectivity index is 2.36. The van der Waals surface area contributed by atoms with E-state index in [1.54, 1.807) is 6.92 Å². The number of fused-ring (bicyclic) bond motifs is 1. The van der Waals surface area contributed by atoms with Gasteiger partial charge < -0.3 is 14.6 Å². The van der Waals surface area contributed by atoms with Crippen molar-refractivity contribution in [2.75, 3.05) is 7.11 Å². The minimum absolute atomic E-state index is 0.0701. The molecule has 0 spiro atoms. The third-order valence-electron chi connectivity index (χ3n) is 5.04. The number of hydrogen-bond donors (Lipinski definition) is 1. The summed E-state index contributed by atoms with van der Waals surface area (Å²) >= 11 is 0. The Morgan fingerprint density at radius 2 is 1.96 bits per heavy atom. The summed E-state index contributed by atoms with van der Waals surface area (Å²) in [7, 11) is 1.29. The second-order valence-corrected chi connectivity index (χ2v) is 7.97. The third-order valence-corrected chi connectivity index (χ3v) is 5.04. The van der Waals surface area contributed by atoms with E-state index in [0.29, 0.717) is 6.42 Å². The number of amides is 1. The van der Waals surface area contributed by atoms with E-state index in [1.165, 1.54) is 7.11 Å². The fourth-order valence-corrected chi connectivity index (χ4v) is 3.84. The van der Waals surface area contributed by atoms with Gasteiger partial charge in [-0.1, -0.05) is 20.8 Å². The van der Waals surface area contributed by atoms with Crippen molar-refractivity contribution < 1.29 is 19.1 Å². The Morgan fingerprint density at radius 3 is 2.54 bits per heavy atom. The lowest BCUT2D eigenvalue weighted by Gasteiger charge is -2.30. The molecule has 1 aromatic heterocycles. The first-order valence-corrected chi connectivity index (χ1v) is 9.22. The Hall–Kier alpha value is -2.11. The number of nitrogens with zero attached hydrogens (tertiary/aromatic N) is 1. The number of methoxy groups -OCH3 is 1. The van der Waals surface area contributed by atoms with Crippen LogP contribution in [0.1, 0.15) is 67.8 Å². The molecule has 1 amide bonds. The first kappa shape index (κ1) is 20.2. The number of Topliss-reactive ketones (excluding diaryl/α,β-unsaturated/α-hetero) is 1. The van der Waals surface area contributed by atoms with Crippen molar-refractivity contribution in [1.82, 2.24) is 9.88 Å². The number of carbonyl (C=O) groups is 3. The SMILES string of the molecule is CCCn1c(C)c(CC(=O)N[C@H](C)C(=O)OC)c2c1CC(C)(C)CC2=O. The van der Waals surface area contributed by atoms with Gasteiger partial charge in [0.1, 0.15) is 6.04 Å². The zero-order valence-electron chi connectivity index (χ0n) is 16.7. The molecule has 6 nitrogen and oxygen atoms in total. The van der Waals surface area contributed by atoms with E-state index in [0.717, 1.165) is 41.9 Å². The van der Waals surface area contributed by atoms with Crippen LogP contribution in [0.25, 0.3) is 0 Å². The number of ketones is 1. The second kappa shape index (κ2) is 7.64. The van der Waals surface area contributed by atoms with Crippen LogP contribution in [0.3, 0.4) is 0 Å². The van der Waals surface area contributed by atoms with Gasteiger partial charge in [0.15, 0.2) is 5.78 Å². The second-order valence-electron chi connectivity index (χ2n) is 7.97. The van der Waals surface area contributed by atoms with Gasteiger partial charge in [-0.25, -0.2) is 4.79 Å². The Morgan fingerprint density at radius 1 is 1.31 bits per heavy atom. The number of hydrogen-bond acceptors (Lipinski definition) is 4. The highest BCUT2D eigenvalue weighted by Crippen LogP contribution is 2.38. The molecular formula is C20H30N2O4. The predicted molar refractivity (Wildman–Crippen MR) is 99.2 cm³/mol. The maximum absolute atomic E-state index is 12.8. The molecule has 1 heterocycles. The number of esters is 1. The monoisotopic (exact) mass is 362 g/mol. The summed E-state index contributed by atoms with van der Waals surface area (Å²) in [5, 5.41) is 2.65. The highest BCUT2D eigenvalue weighted by atomic mass is 16.5. The van der Waals surface area contributed by atoms with E-state index in [2.05, 4.69) is 35.4 Å². The average molecular weight is 362 g/mol. The molecule has 1 aromatic rings. The molecule has 2 rings (SSSR count). The van der Waals surface area contributed by atoms with E-state index in [4.69, 9.17) is 0 Å². The molecule has 0 aromatic carbocycles. The standard InChI is InChI=1S/C20H30N2O4/c1-7-8-22-13(3)14(9-17(24)21-12(2)19(25)26-6)18-15(22)10-20(4,5)11-16(18)23/h12H,7-11H2,1-6H3,(H,21,24)/t12-/m1/s1. The molecule has 0 bridgehead atoms. The van der Waals surface area contributed by atoms with Crippen molar-refractivity contribution in [2.24, 2.45) is 5.41 Å². The largest absolute Gasteiger partial charge is 0.467 e. The van der Waals surface area contributed by atoms with E-state index < -0.39 is 12.0 Å². The summed E-state index contributed by atoms with van der Waals surface area (Å²) in [5.41, 5.74) is 3.47. The zero-order chi connectivity index (χ0) is 19.6. The van der Waals surface area contributed by atoms with Gasteiger partial charge in [0.2, 0.25) is 5.91 Å². The number of nitrogens with one attached hydrogen (secondary N) is 1. The van der Waals surface area contributed by atoms with Crippen molar-refractivity contribution in [3.63, 3.8) is 0 Å². The van der Waals surface area contributed by atoms with Crippen LogP contribution in [-0.2, 0) is 33.7 Å². The minimum Gasteiger partial charge on any atom is -0.467 e. The van der Waals surface area contributed by atoms with Crippen molar-refractivity contribution in [1.29, 1.82) is 0 Å². The highest BCUT2D eigenvalue weighted by molar-refractivity contribution is 6.02. The predicted octanol–water partition coefficient (Wildman–Crippen LogP) is 2.58. The molecule has 1 atom stereocenters. The van der Waals surface area contributed by atoms with Crippen LogP contribution in [0.5, 0.6) is 0 Å². The van der Waals surface area contributed by atoms with Gasteiger partial charge in [-0.05, 0) is 37.7 Å². The summed E-state index contributed by atoms with van der Waals surface area (Å²) in [6, 6.07) is -0.712. The molecule has 26 heavy (non-hydrogen) atoms. The van der Waals surface area contributed by atoms with Crippen LogP contribution < -0.4 is 5.32 Å². The highest BCUT2D eigenvalue weighted by Gasteiger charge is 2.37. The lowest BCUT2D eigenvalue weighted by molar-refractivity contribution is -0.144. The fourth-order valence-electron chi connectivity index (χ4n) is 3.84. The van der Waals surface area contributed by atoms with E-state index >= 15 is 0 Å². The third kappa shape index (κ3) is 4.00. The molecule has 0 fully saturated rings. The van der Waals surface area contributed by atoms with Gasteiger partial charge in [-0.3, -0.25) is 9.59 Å². The number of rotatable bonds is 6. The number of aromatic nitrogens is 1. The Bertz CT molecular complexity index is 731. The van der Waals surface area contributed by atoms with Crippen molar-refractivity contribution in [3.05, 3.63) is 22.5 Å². The quantitative estimate of drug-likeness (QED) is 0.789. The normalized spacial score (nSPS) is 16.8. The average Bonchev–Trinajstić information content (AvgIpc) is 2.78. The molecule has 0 aliphatic heterocycles. The molecule has 0 radical (unpaired) electrons. The molecule has 1 N–H and O–H groups in total. The van der Waals surface area contributed by atoms with Gasteiger partial charge in [0.25, 0.3) is 0 Å². The van der Waals surface area contributed by atoms with E-state index in [1.807, 2.05) is 6.92 Å². The van der Waals surface area contributed by atoms with E-state index in [9.17, 15) is 14.4 Å².